The first kappa shape index (κ1) is 16.5. The van der Waals surface area contributed by atoms with Gasteiger partial charge in [0.2, 0.25) is 0 Å². The summed E-state index contributed by atoms with van der Waals surface area (Å²) in [5, 5.41) is 0. The molecule has 0 radical (unpaired) electrons. The van der Waals surface area contributed by atoms with Gasteiger partial charge in [-0.3, -0.25) is 3.93 Å². The second-order valence-corrected chi connectivity index (χ2v) is 8.43. The number of benzene rings is 1. The first-order valence-corrected chi connectivity index (χ1v) is 10.3. The lowest BCUT2D eigenvalue weighted by Crippen LogP contribution is -2.44. The zero-order chi connectivity index (χ0) is 17.7. The molecule has 1 aromatic carbocycles. The van der Waals surface area contributed by atoms with Gasteiger partial charge in [0.1, 0.15) is 0 Å². The van der Waals surface area contributed by atoms with Crippen LogP contribution in [0.15, 0.2) is 53.4 Å². The van der Waals surface area contributed by atoms with Crippen LogP contribution >= 0.6 is 16.1 Å². The zero-order valence-corrected chi connectivity index (χ0v) is 16.9. The Balaban J connectivity index is 1.57. The first-order valence-electron chi connectivity index (χ1n) is 9.61. The molecule has 1 fully saturated rings. The van der Waals surface area contributed by atoms with Crippen molar-refractivity contribution in [1.29, 1.82) is 0 Å². The van der Waals surface area contributed by atoms with Gasteiger partial charge < -0.3 is 14.7 Å². The van der Waals surface area contributed by atoms with Crippen LogP contribution in [0.4, 0.5) is 17.1 Å². The molecule has 0 saturated carbocycles. The average Bonchev–Trinajstić information content (AvgIpc) is 2.79. The fraction of sp³-hybridized carbons (Fsp3) is 0.429. The molecule has 3 aliphatic heterocycles. The van der Waals surface area contributed by atoms with Crippen molar-refractivity contribution in [2.24, 2.45) is 0 Å². The summed E-state index contributed by atoms with van der Waals surface area (Å²) in [4.78, 5) is 7.41. The molecule has 0 atom stereocenters. The van der Waals surface area contributed by atoms with E-state index in [1.54, 1.807) is 0 Å². The Hall–Kier alpha value is -1.72. The molecule has 136 valence electrons. The van der Waals surface area contributed by atoms with Crippen LogP contribution in [0.5, 0.6) is 0 Å². The number of piperazine rings is 1. The highest BCUT2D eigenvalue weighted by atomic mass is 79.9. The molecule has 3 heterocycles. The summed E-state index contributed by atoms with van der Waals surface area (Å²) in [5.41, 5.74) is 8.24. The molecule has 0 aromatic heterocycles. The van der Waals surface area contributed by atoms with Crippen LogP contribution in [-0.4, -0.2) is 44.7 Å². The number of halogens is 1. The van der Waals surface area contributed by atoms with Crippen molar-refractivity contribution in [2.75, 3.05) is 53.5 Å². The maximum Gasteiger partial charge on any atom is 0.0776 e. The second-order valence-electron chi connectivity index (χ2n) is 7.67. The molecule has 5 rings (SSSR count). The Morgan fingerprint density at radius 2 is 1.85 bits per heavy atom. The van der Waals surface area contributed by atoms with Crippen molar-refractivity contribution in [2.45, 2.75) is 19.3 Å². The number of likely N-dealkylation sites (N-methyl/N-ethyl adjacent to an activating group) is 1. The standard InChI is InChI=1S/C21H25BrN4/c1-23-10-12-24(13-11-23)18-7-8-19-20(14-18)26(22)15-17-5-2-4-16-6-3-9-25(19)21(16)17/h3,6-8,14-15H,2,4-5,9-13H2,1H3. The van der Waals surface area contributed by atoms with E-state index in [-0.39, 0.29) is 0 Å². The van der Waals surface area contributed by atoms with E-state index in [2.05, 4.69) is 78.4 Å². The van der Waals surface area contributed by atoms with Gasteiger partial charge in [-0.2, -0.15) is 0 Å². The molecule has 26 heavy (non-hydrogen) atoms. The van der Waals surface area contributed by atoms with Crippen molar-refractivity contribution in [3.05, 3.63) is 53.4 Å². The minimum atomic E-state index is 0.956. The monoisotopic (exact) mass is 412 g/mol. The fourth-order valence-corrected chi connectivity index (χ4v) is 5.07. The normalized spacial score (nSPS) is 22.8. The summed E-state index contributed by atoms with van der Waals surface area (Å²) < 4.78 is 2.16. The van der Waals surface area contributed by atoms with Crippen LogP contribution in [0.25, 0.3) is 0 Å². The molecular formula is C21H25BrN4. The van der Waals surface area contributed by atoms with Crippen molar-refractivity contribution in [3.8, 4) is 0 Å². The average molecular weight is 413 g/mol. The molecule has 0 bridgehead atoms. The number of anilines is 3. The van der Waals surface area contributed by atoms with Crippen LogP contribution in [-0.2, 0) is 0 Å². The maximum absolute atomic E-state index is 3.82. The minimum Gasteiger partial charge on any atom is -0.369 e. The third kappa shape index (κ3) is 2.69. The number of nitrogens with zero attached hydrogens (tertiary/aromatic N) is 4. The van der Waals surface area contributed by atoms with Crippen molar-refractivity contribution >= 4 is 33.2 Å². The maximum atomic E-state index is 3.82. The molecule has 1 saturated heterocycles. The van der Waals surface area contributed by atoms with E-state index in [1.165, 1.54) is 46.7 Å². The number of hydrogen-bond acceptors (Lipinski definition) is 4. The van der Waals surface area contributed by atoms with E-state index >= 15 is 0 Å². The van der Waals surface area contributed by atoms with E-state index in [4.69, 9.17) is 0 Å². The Morgan fingerprint density at radius 1 is 1.00 bits per heavy atom. The predicted molar refractivity (Wildman–Crippen MR) is 113 cm³/mol. The third-order valence-electron chi connectivity index (χ3n) is 6.00. The lowest BCUT2D eigenvalue weighted by Gasteiger charge is -2.36. The van der Waals surface area contributed by atoms with E-state index in [0.717, 1.165) is 39.1 Å². The fourth-order valence-electron chi connectivity index (χ4n) is 4.54. The molecule has 0 spiro atoms. The van der Waals surface area contributed by atoms with Gasteiger partial charge in [-0.1, -0.05) is 12.2 Å². The summed E-state index contributed by atoms with van der Waals surface area (Å²) in [7, 11) is 2.21. The minimum absolute atomic E-state index is 0.956. The predicted octanol–water partition coefficient (Wildman–Crippen LogP) is 4.27. The molecule has 5 heteroatoms. The quantitative estimate of drug-likeness (QED) is 0.638. The van der Waals surface area contributed by atoms with Crippen LogP contribution in [0, 0.1) is 0 Å². The largest absolute Gasteiger partial charge is 0.369 e. The highest BCUT2D eigenvalue weighted by molar-refractivity contribution is 9.10. The number of rotatable bonds is 1. The van der Waals surface area contributed by atoms with Crippen molar-refractivity contribution in [1.82, 2.24) is 4.90 Å². The van der Waals surface area contributed by atoms with Crippen LogP contribution in [0.2, 0.25) is 0 Å². The molecular weight excluding hydrogens is 388 g/mol. The van der Waals surface area contributed by atoms with Gasteiger partial charge in [0, 0.05) is 50.3 Å². The van der Waals surface area contributed by atoms with E-state index in [1.807, 2.05) is 0 Å². The van der Waals surface area contributed by atoms with Crippen molar-refractivity contribution < 1.29 is 0 Å². The molecule has 4 aliphatic rings. The highest BCUT2D eigenvalue weighted by Crippen LogP contribution is 2.46. The summed E-state index contributed by atoms with van der Waals surface area (Å²) in [6.07, 6.45) is 10.5. The number of fused-ring (bicyclic) bond motifs is 2. The zero-order valence-electron chi connectivity index (χ0n) is 15.3. The van der Waals surface area contributed by atoms with Gasteiger partial charge in [-0.25, -0.2) is 0 Å². The Kier molecular flexibility index (Phi) is 4.09. The lowest BCUT2D eigenvalue weighted by molar-refractivity contribution is 0.313. The van der Waals surface area contributed by atoms with Gasteiger partial charge >= 0.3 is 0 Å². The molecule has 1 aliphatic carbocycles. The molecule has 0 unspecified atom stereocenters. The van der Waals surface area contributed by atoms with Crippen LogP contribution in [0.1, 0.15) is 19.3 Å². The number of hydrogen-bond donors (Lipinski definition) is 0. The second kappa shape index (κ2) is 6.46. The summed E-state index contributed by atoms with van der Waals surface area (Å²) >= 11 is 3.82. The Labute approximate surface area is 164 Å². The summed E-state index contributed by atoms with van der Waals surface area (Å²) in [6, 6.07) is 6.96. The van der Waals surface area contributed by atoms with Gasteiger partial charge in [0.25, 0.3) is 0 Å². The van der Waals surface area contributed by atoms with Crippen LogP contribution in [0.3, 0.4) is 0 Å². The highest BCUT2D eigenvalue weighted by Gasteiger charge is 2.30. The topological polar surface area (TPSA) is 13.0 Å². The van der Waals surface area contributed by atoms with Gasteiger partial charge in [0.15, 0.2) is 0 Å². The summed E-state index contributed by atoms with van der Waals surface area (Å²) in [6.45, 7) is 5.41. The molecule has 1 aromatic rings. The smallest absolute Gasteiger partial charge is 0.0776 e. The van der Waals surface area contributed by atoms with E-state index < -0.39 is 0 Å². The van der Waals surface area contributed by atoms with Crippen LogP contribution < -0.4 is 13.7 Å². The van der Waals surface area contributed by atoms with Gasteiger partial charge in [-0.15, -0.1) is 0 Å². The lowest BCUT2D eigenvalue weighted by atomic mass is 9.89. The van der Waals surface area contributed by atoms with Crippen molar-refractivity contribution in [3.63, 3.8) is 0 Å². The summed E-state index contributed by atoms with van der Waals surface area (Å²) in [5.74, 6) is 0. The number of allylic oxidation sites excluding steroid dienone is 3. The van der Waals surface area contributed by atoms with Gasteiger partial charge in [0.05, 0.1) is 27.5 Å². The SMILES string of the molecule is CN1CCN(c2ccc3c(c2)N(Br)C=C2CCCC4=C2N3CC=C4)CC1. The molecule has 0 amide bonds. The third-order valence-corrected chi connectivity index (χ3v) is 6.58. The van der Waals surface area contributed by atoms with E-state index in [0.29, 0.717) is 0 Å². The molecule has 4 nitrogen and oxygen atoms in total. The Morgan fingerprint density at radius 3 is 2.69 bits per heavy atom. The molecule has 0 N–H and O–H groups in total. The Bertz CT molecular complexity index is 817. The first-order chi connectivity index (χ1) is 12.7. The van der Waals surface area contributed by atoms with E-state index in [9.17, 15) is 0 Å². The van der Waals surface area contributed by atoms with Gasteiger partial charge in [-0.05, 0) is 55.7 Å².